The monoisotopic (exact) mass is 135 g/mol. The lowest BCUT2D eigenvalue weighted by Crippen LogP contribution is -1.90. The summed E-state index contributed by atoms with van der Waals surface area (Å²) < 4.78 is 4.73. The topological polar surface area (TPSA) is 58.8 Å². The number of rotatable bonds is 1. The predicted molar refractivity (Wildman–Crippen MR) is 33.3 cm³/mol. The van der Waals surface area contributed by atoms with Crippen molar-refractivity contribution < 1.29 is 4.74 Å². The molecule has 0 aliphatic rings. The second-order valence-electron chi connectivity index (χ2n) is 1.56. The molecule has 1 heterocycles. The summed E-state index contributed by atoms with van der Waals surface area (Å²) >= 11 is 0. The summed E-state index contributed by atoms with van der Waals surface area (Å²) in [6.45, 7) is 0. The smallest absolute Gasteiger partial charge is 0.233 e. The second-order valence-corrected chi connectivity index (χ2v) is 1.56. The Morgan fingerprint density at radius 2 is 2.40 bits per heavy atom. The number of ether oxygens (including phenoxy) is 1. The van der Waals surface area contributed by atoms with Crippen LogP contribution in [0.1, 0.15) is 5.69 Å². The van der Waals surface area contributed by atoms with Crippen molar-refractivity contribution in [1.82, 2.24) is 9.97 Å². The van der Waals surface area contributed by atoms with Crippen molar-refractivity contribution in [2.24, 2.45) is 0 Å². The van der Waals surface area contributed by atoms with Crippen LogP contribution in [0.3, 0.4) is 0 Å². The molecule has 0 aromatic carbocycles. The molecule has 0 fully saturated rings. The molecule has 10 heavy (non-hydrogen) atoms. The lowest BCUT2D eigenvalue weighted by molar-refractivity contribution is 0.395. The van der Waals surface area contributed by atoms with Gasteiger partial charge in [0.15, 0.2) is 5.69 Å². The fraction of sp³-hybridized carbons (Fsp3) is 0.167. The van der Waals surface area contributed by atoms with E-state index in [4.69, 9.17) is 10.00 Å². The quantitative estimate of drug-likeness (QED) is 0.557. The zero-order valence-corrected chi connectivity index (χ0v) is 5.40. The highest BCUT2D eigenvalue weighted by atomic mass is 16.5. The summed E-state index contributed by atoms with van der Waals surface area (Å²) in [4.78, 5) is 7.48. The van der Waals surface area contributed by atoms with E-state index in [1.165, 1.54) is 19.5 Å². The van der Waals surface area contributed by atoms with Gasteiger partial charge in [-0.1, -0.05) is 0 Å². The van der Waals surface area contributed by atoms with Crippen molar-refractivity contribution in [3.8, 4) is 11.9 Å². The van der Waals surface area contributed by atoms with Crippen molar-refractivity contribution >= 4 is 0 Å². The maximum absolute atomic E-state index is 8.35. The molecule has 0 bridgehead atoms. The molecule has 0 unspecified atom stereocenters. The number of hydrogen-bond acceptors (Lipinski definition) is 4. The Morgan fingerprint density at radius 3 is 3.00 bits per heavy atom. The van der Waals surface area contributed by atoms with Gasteiger partial charge in [0.2, 0.25) is 5.88 Å². The molecule has 1 aromatic heterocycles. The Hall–Kier alpha value is -1.63. The van der Waals surface area contributed by atoms with Crippen LogP contribution in [0.25, 0.3) is 0 Å². The van der Waals surface area contributed by atoms with Crippen molar-refractivity contribution in [3.63, 3.8) is 0 Å². The van der Waals surface area contributed by atoms with E-state index in [9.17, 15) is 0 Å². The highest BCUT2D eigenvalue weighted by molar-refractivity contribution is 5.19. The van der Waals surface area contributed by atoms with Gasteiger partial charge in [0.1, 0.15) is 6.07 Å². The maximum Gasteiger partial charge on any atom is 0.233 e. The Bertz CT molecular complexity index is 266. The Morgan fingerprint density at radius 1 is 1.60 bits per heavy atom. The van der Waals surface area contributed by atoms with E-state index < -0.39 is 0 Å². The van der Waals surface area contributed by atoms with E-state index in [1.54, 1.807) is 0 Å². The van der Waals surface area contributed by atoms with Crippen LogP contribution in [0, 0.1) is 11.3 Å². The van der Waals surface area contributed by atoms with Gasteiger partial charge in [-0.3, -0.25) is 4.98 Å². The third kappa shape index (κ3) is 1.20. The second kappa shape index (κ2) is 2.78. The van der Waals surface area contributed by atoms with E-state index in [-0.39, 0.29) is 5.69 Å². The molecule has 1 rings (SSSR count). The predicted octanol–water partition coefficient (Wildman–Crippen LogP) is 0.357. The Kier molecular flexibility index (Phi) is 1.80. The molecular weight excluding hydrogens is 130 g/mol. The highest BCUT2D eigenvalue weighted by Gasteiger charge is 1.94. The van der Waals surface area contributed by atoms with E-state index in [0.717, 1.165) is 0 Å². The first-order valence-electron chi connectivity index (χ1n) is 2.63. The molecule has 50 valence electrons. The molecule has 4 heteroatoms. The minimum absolute atomic E-state index is 0.263. The SMILES string of the molecule is COc1cncc(C#N)n1. The summed E-state index contributed by atoms with van der Waals surface area (Å²) in [5, 5.41) is 8.35. The number of aromatic nitrogens is 2. The third-order valence-corrected chi connectivity index (χ3v) is 0.936. The third-order valence-electron chi connectivity index (χ3n) is 0.936. The van der Waals surface area contributed by atoms with Crippen molar-refractivity contribution in [1.29, 1.82) is 5.26 Å². The van der Waals surface area contributed by atoms with Crippen LogP contribution in [0.15, 0.2) is 12.4 Å². The highest BCUT2D eigenvalue weighted by Crippen LogP contribution is 2.01. The Balaban J connectivity index is 3.01. The van der Waals surface area contributed by atoms with Crippen molar-refractivity contribution in [2.75, 3.05) is 7.11 Å². The van der Waals surface area contributed by atoms with Gasteiger partial charge in [-0.25, -0.2) is 0 Å². The summed E-state index contributed by atoms with van der Waals surface area (Å²) in [7, 11) is 1.48. The number of hydrogen-bond donors (Lipinski definition) is 0. The van der Waals surface area contributed by atoms with Gasteiger partial charge in [-0.15, -0.1) is 0 Å². The Labute approximate surface area is 58.1 Å². The van der Waals surface area contributed by atoms with Crippen LogP contribution in [-0.2, 0) is 0 Å². The molecular formula is C6H5N3O. The van der Waals surface area contributed by atoms with E-state index in [2.05, 4.69) is 9.97 Å². The largest absolute Gasteiger partial charge is 0.480 e. The van der Waals surface area contributed by atoms with Gasteiger partial charge < -0.3 is 4.74 Å². The molecule has 1 aromatic rings. The van der Waals surface area contributed by atoms with Crippen LogP contribution in [0.2, 0.25) is 0 Å². The molecule has 0 N–H and O–H groups in total. The molecule has 0 amide bonds. The first-order chi connectivity index (χ1) is 4.86. The van der Waals surface area contributed by atoms with Crippen LogP contribution in [0.5, 0.6) is 5.88 Å². The molecule has 0 atom stereocenters. The maximum atomic E-state index is 8.35. The van der Waals surface area contributed by atoms with Crippen LogP contribution >= 0.6 is 0 Å². The summed E-state index contributed by atoms with van der Waals surface area (Å²) in [5.74, 6) is 0.360. The van der Waals surface area contributed by atoms with Gasteiger partial charge in [0.05, 0.1) is 19.5 Å². The average Bonchev–Trinajstić information content (AvgIpc) is 2.05. The first-order valence-corrected chi connectivity index (χ1v) is 2.63. The lowest BCUT2D eigenvalue weighted by atomic mass is 10.5. The number of methoxy groups -OCH3 is 1. The van der Waals surface area contributed by atoms with Crippen molar-refractivity contribution in [3.05, 3.63) is 18.1 Å². The molecule has 0 spiro atoms. The lowest BCUT2D eigenvalue weighted by Gasteiger charge is -1.94. The van der Waals surface area contributed by atoms with Gasteiger partial charge in [-0.05, 0) is 0 Å². The van der Waals surface area contributed by atoms with Crippen molar-refractivity contribution in [2.45, 2.75) is 0 Å². The standard InChI is InChI=1S/C6H5N3O/c1-10-6-4-8-3-5(2-7)9-6/h3-4H,1H3. The van der Waals surface area contributed by atoms with Gasteiger partial charge in [0, 0.05) is 0 Å². The van der Waals surface area contributed by atoms with Crippen LogP contribution in [-0.4, -0.2) is 17.1 Å². The zero-order chi connectivity index (χ0) is 7.40. The van der Waals surface area contributed by atoms with Crippen LogP contribution < -0.4 is 4.74 Å². The zero-order valence-electron chi connectivity index (χ0n) is 5.40. The first kappa shape index (κ1) is 6.49. The normalized spacial score (nSPS) is 8.40. The number of nitrogens with zero attached hydrogens (tertiary/aromatic N) is 3. The summed E-state index contributed by atoms with van der Waals surface area (Å²) in [6.07, 6.45) is 2.82. The molecule has 0 aliphatic heterocycles. The fourth-order valence-electron chi connectivity index (χ4n) is 0.500. The summed E-state index contributed by atoms with van der Waals surface area (Å²) in [6, 6.07) is 1.85. The molecule has 0 saturated heterocycles. The van der Waals surface area contributed by atoms with E-state index in [0.29, 0.717) is 5.88 Å². The van der Waals surface area contributed by atoms with Crippen LogP contribution in [0.4, 0.5) is 0 Å². The minimum atomic E-state index is 0.263. The molecule has 4 nitrogen and oxygen atoms in total. The van der Waals surface area contributed by atoms with Gasteiger partial charge >= 0.3 is 0 Å². The van der Waals surface area contributed by atoms with E-state index in [1.807, 2.05) is 6.07 Å². The average molecular weight is 135 g/mol. The van der Waals surface area contributed by atoms with E-state index >= 15 is 0 Å². The molecule has 0 radical (unpaired) electrons. The minimum Gasteiger partial charge on any atom is -0.480 e. The van der Waals surface area contributed by atoms with Gasteiger partial charge in [-0.2, -0.15) is 10.2 Å². The summed E-state index contributed by atoms with van der Waals surface area (Å²) in [5.41, 5.74) is 0.263. The molecule has 0 aliphatic carbocycles. The van der Waals surface area contributed by atoms with Gasteiger partial charge in [0.25, 0.3) is 0 Å². The number of nitriles is 1. The fourth-order valence-corrected chi connectivity index (χ4v) is 0.500. The molecule has 0 saturated carbocycles.